The Morgan fingerprint density at radius 1 is 1.40 bits per heavy atom. The first-order valence-corrected chi connectivity index (χ1v) is 4.41. The van der Waals surface area contributed by atoms with E-state index in [1.807, 2.05) is 0 Å². The Hall–Kier alpha value is -0.330. The van der Waals surface area contributed by atoms with Crippen LogP contribution < -0.4 is 0 Å². The predicted octanol–water partition coefficient (Wildman–Crippen LogP) is 2.27. The third-order valence-corrected chi connectivity index (χ3v) is 2.90. The monoisotopic (exact) mass is 137 g/mol. The normalized spacial score (nSPS) is 39.1. The molecule has 10 heavy (non-hydrogen) atoms. The van der Waals surface area contributed by atoms with Crippen LogP contribution in [0.25, 0.3) is 0 Å². The van der Waals surface area contributed by atoms with E-state index in [9.17, 15) is 0 Å². The highest BCUT2D eigenvalue weighted by molar-refractivity contribution is 5.89. The highest BCUT2D eigenvalue weighted by Gasteiger charge is 2.29. The maximum atomic E-state index is 4.56. The van der Waals surface area contributed by atoms with Crippen LogP contribution in [0.2, 0.25) is 0 Å². The van der Waals surface area contributed by atoms with Crippen LogP contribution in [-0.4, -0.2) is 12.3 Å². The molecule has 2 atom stereocenters. The molecule has 0 aromatic rings. The Bertz CT molecular complexity index is 160. The van der Waals surface area contributed by atoms with Crippen LogP contribution in [0.15, 0.2) is 4.99 Å². The largest absolute Gasteiger partial charge is 0.294 e. The van der Waals surface area contributed by atoms with Crippen molar-refractivity contribution in [1.29, 1.82) is 0 Å². The molecule has 1 fully saturated rings. The minimum atomic E-state index is 0.857. The number of aliphatic imine (C=N–C) groups is 1. The van der Waals surface area contributed by atoms with Gasteiger partial charge in [-0.1, -0.05) is 13.3 Å². The lowest BCUT2D eigenvalue weighted by atomic mass is 9.82. The molecule has 0 N–H and O–H groups in total. The molecule has 1 saturated carbocycles. The van der Waals surface area contributed by atoms with Gasteiger partial charge in [0.05, 0.1) is 0 Å². The van der Waals surface area contributed by atoms with Crippen molar-refractivity contribution in [2.45, 2.75) is 32.6 Å². The molecule has 1 aliphatic heterocycles. The second kappa shape index (κ2) is 2.37. The number of rotatable bonds is 0. The summed E-state index contributed by atoms with van der Waals surface area (Å²) in [4.78, 5) is 4.56. The van der Waals surface area contributed by atoms with Crippen molar-refractivity contribution in [2.24, 2.45) is 16.8 Å². The quantitative estimate of drug-likeness (QED) is 0.485. The number of nitrogens with zero attached hydrogens (tertiary/aromatic N) is 1. The van der Waals surface area contributed by atoms with Gasteiger partial charge in [0.1, 0.15) is 0 Å². The molecule has 0 saturated heterocycles. The molecule has 0 radical (unpaired) electrons. The first kappa shape index (κ1) is 6.38. The van der Waals surface area contributed by atoms with E-state index >= 15 is 0 Å². The van der Waals surface area contributed by atoms with Crippen molar-refractivity contribution < 1.29 is 0 Å². The zero-order chi connectivity index (χ0) is 6.97. The van der Waals surface area contributed by atoms with Gasteiger partial charge in [-0.25, -0.2) is 0 Å². The highest BCUT2D eigenvalue weighted by Crippen LogP contribution is 2.32. The van der Waals surface area contributed by atoms with Crippen LogP contribution in [0, 0.1) is 11.8 Å². The van der Waals surface area contributed by atoms with E-state index in [1.165, 1.54) is 25.7 Å². The van der Waals surface area contributed by atoms with Crippen LogP contribution >= 0.6 is 0 Å². The fourth-order valence-corrected chi connectivity index (χ4v) is 2.22. The molecule has 0 amide bonds. The summed E-state index contributed by atoms with van der Waals surface area (Å²) in [5.74, 6) is 1.74. The minimum Gasteiger partial charge on any atom is -0.294 e. The molecule has 0 aromatic carbocycles. The fraction of sp³-hybridized carbons (Fsp3) is 0.889. The SMILES string of the molecule is CC1CN=C2CCCCC21. The molecular weight excluding hydrogens is 122 g/mol. The lowest BCUT2D eigenvalue weighted by Crippen LogP contribution is -2.20. The number of fused-ring (bicyclic) bond motifs is 1. The maximum absolute atomic E-state index is 4.56. The first-order chi connectivity index (χ1) is 4.88. The summed E-state index contributed by atoms with van der Waals surface area (Å²) < 4.78 is 0. The maximum Gasteiger partial charge on any atom is 0.0420 e. The minimum absolute atomic E-state index is 0.857. The van der Waals surface area contributed by atoms with E-state index in [-0.39, 0.29) is 0 Å². The van der Waals surface area contributed by atoms with Gasteiger partial charge < -0.3 is 0 Å². The van der Waals surface area contributed by atoms with Crippen molar-refractivity contribution >= 4 is 5.71 Å². The average Bonchev–Trinajstić information content (AvgIpc) is 2.34. The van der Waals surface area contributed by atoms with Gasteiger partial charge >= 0.3 is 0 Å². The molecule has 2 aliphatic rings. The van der Waals surface area contributed by atoms with E-state index < -0.39 is 0 Å². The summed E-state index contributed by atoms with van der Waals surface area (Å²) >= 11 is 0. The molecule has 0 spiro atoms. The topological polar surface area (TPSA) is 12.4 Å². The third-order valence-electron chi connectivity index (χ3n) is 2.90. The van der Waals surface area contributed by atoms with Gasteiger partial charge in [0, 0.05) is 18.2 Å². The number of hydrogen-bond donors (Lipinski definition) is 0. The van der Waals surface area contributed by atoms with Gasteiger partial charge in [0.25, 0.3) is 0 Å². The fourth-order valence-electron chi connectivity index (χ4n) is 2.22. The zero-order valence-electron chi connectivity index (χ0n) is 6.64. The second-order valence-corrected chi connectivity index (χ2v) is 3.66. The van der Waals surface area contributed by atoms with Crippen molar-refractivity contribution in [3.8, 4) is 0 Å². The molecular formula is C9H15N. The van der Waals surface area contributed by atoms with Gasteiger partial charge in [-0.15, -0.1) is 0 Å². The van der Waals surface area contributed by atoms with Crippen LogP contribution in [0.5, 0.6) is 0 Å². The molecule has 56 valence electrons. The Balaban J connectivity index is 2.11. The summed E-state index contributed by atoms with van der Waals surface area (Å²) in [6.45, 7) is 3.45. The Kier molecular flexibility index (Phi) is 1.51. The van der Waals surface area contributed by atoms with Crippen LogP contribution in [0.1, 0.15) is 32.6 Å². The van der Waals surface area contributed by atoms with Gasteiger partial charge in [-0.3, -0.25) is 4.99 Å². The lowest BCUT2D eigenvalue weighted by Gasteiger charge is -2.21. The Morgan fingerprint density at radius 2 is 2.30 bits per heavy atom. The number of hydrogen-bond acceptors (Lipinski definition) is 1. The van der Waals surface area contributed by atoms with Gasteiger partial charge in [-0.2, -0.15) is 0 Å². The van der Waals surface area contributed by atoms with Crippen LogP contribution in [0.3, 0.4) is 0 Å². The van der Waals surface area contributed by atoms with E-state index in [0.717, 1.165) is 18.4 Å². The second-order valence-electron chi connectivity index (χ2n) is 3.66. The molecule has 2 unspecified atom stereocenters. The summed E-state index contributed by atoms with van der Waals surface area (Å²) in [5, 5.41) is 0. The average molecular weight is 137 g/mol. The first-order valence-electron chi connectivity index (χ1n) is 4.41. The predicted molar refractivity (Wildman–Crippen MR) is 43.4 cm³/mol. The molecule has 1 aliphatic carbocycles. The molecule has 2 rings (SSSR count). The lowest BCUT2D eigenvalue weighted by molar-refractivity contribution is 0.429. The van der Waals surface area contributed by atoms with Gasteiger partial charge in [0.15, 0.2) is 0 Å². The molecule has 1 heterocycles. The molecule has 1 heteroatoms. The Labute approximate surface area is 62.5 Å². The zero-order valence-corrected chi connectivity index (χ0v) is 6.64. The summed E-state index contributed by atoms with van der Waals surface area (Å²) in [6.07, 6.45) is 5.55. The molecule has 1 nitrogen and oxygen atoms in total. The van der Waals surface area contributed by atoms with Crippen LogP contribution in [-0.2, 0) is 0 Å². The standard InChI is InChI=1S/C9H15N/c1-7-6-10-9-5-3-2-4-8(7)9/h7-8H,2-6H2,1H3. The van der Waals surface area contributed by atoms with E-state index in [0.29, 0.717) is 0 Å². The molecule has 0 aromatic heterocycles. The summed E-state index contributed by atoms with van der Waals surface area (Å²) in [7, 11) is 0. The van der Waals surface area contributed by atoms with E-state index in [4.69, 9.17) is 0 Å². The smallest absolute Gasteiger partial charge is 0.0420 e. The van der Waals surface area contributed by atoms with E-state index in [2.05, 4.69) is 11.9 Å². The van der Waals surface area contributed by atoms with Crippen molar-refractivity contribution in [3.63, 3.8) is 0 Å². The summed E-state index contributed by atoms with van der Waals surface area (Å²) in [5.41, 5.74) is 1.54. The third kappa shape index (κ3) is 0.882. The van der Waals surface area contributed by atoms with Crippen LogP contribution in [0.4, 0.5) is 0 Å². The summed E-state index contributed by atoms with van der Waals surface area (Å²) in [6, 6.07) is 0. The molecule has 0 bridgehead atoms. The van der Waals surface area contributed by atoms with Crippen molar-refractivity contribution in [1.82, 2.24) is 0 Å². The highest BCUT2D eigenvalue weighted by atomic mass is 14.8. The van der Waals surface area contributed by atoms with Crippen molar-refractivity contribution in [3.05, 3.63) is 0 Å². The van der Waals surface area contributed by atoms with Gasteiger partial charge in [0.2, 0.25) is 0 Å². The van der Waals surface area contributed by atoms with E-state index in [1.54, 1.807) is 5.71 Å². The Morgan fingerprint density at radius 3 is 3.10 bits per heavy atom. The van der Waals surface area contributed by atoms with Crippen molar-refractivity contribution in [2.75, 3.05) is 6.54 Å². The van der Waals surface area contributed by atoms with Gasteiger partial charge in [-0.05, 0) is 25.2 Å².